The van der Waals surface area contributed by atoms with Crippen LogP contribution in [0, 0.1) is 6.92 Å². The molecule has 0 bridgehead atoms. The molecule has 0 saturated heterocycles. The molecule has 0 radical (unpaired) electrons. The van der Waals surface area contributed by atoms with E-state index >= 15 is 0 Å². The smallest absolute Gasteiger partial charge is 0.246 e. The second-order valence-corrected chi connectivity index (χ2v) is 5.17. The Bertz CT molecular complexity index is 631. The largest absolute Gasteiger partial charge is 0.462 e. The molecule has 0 saturated carbocycles. The number of nitrogens with zero attached hydrogens (tertiary/aromatic N) is 1. The summed E-state index contributed by atoms with van der Waals surface area (Å²) < 4.78 is 5.41. The van der Waals surface area contributed by atoms with Crippen molar-refractivity contribution in [3.8, 4) is 0 Å². The number of likely N-dealkylation sites (N-methyl/N-ethyl adjacent to an activating group) is 1. The predicted molar refractivity (Wildman–Crippen MR) is 86.1 cm³/mol. The maximum atomic E-state index is 12.3. The fourth-order valence-corrected chi connectivity index (χ4v) is 2.35. The first-order valence-corrected chi connectivity index (χ1v) is 7.29. The Morgan fingerprint density at radius 2 is 2.00 bits per heavy atom. The third-order valence-corrected chi connectivity index (χ3v) is 3.55. The number of amides is 1. The van der Waals surface area contributed by atoms with E-state index < -0.39 is 0 Å². The molecule has 4 nitrogen and oxygen atoms in total. The number of carbonyl (C=O) groups is 1. The Kier molecular flexibility index (Phi) is 5.55. The molecule has 1 heterocycles. The molecular weight excluding hydrogens is 278 g/mol. The fourth-order valence-electron chi connectivity index (χ4n) is 2.35. The highest BCUT2D eigenvalue weighted by molar-refractivity contribution is 5.91. The molecule has 0 fully saturated rings. The molecule has 2 aromatic rings. The lowest BCUT2D eigenvalue weighted by molar-refractivity contribution is -0.127. The molecule has 1 atom stereocenters. The molecule has 0 aliphatic heterocycles. The first-order chi connectivity index (χ1) is 10.6. The number of carbonyl (C=O) groups excluding carboxylic acids is 1. The standard InChI is InChI=1S/C18H21NO3/c1-14-8-9-16(22-14)10-11-18(21)19(2)17(12-13-20)15-6-4-3-5-7-15/h3-11,17,20H,12-13H2,1-2H3/b11-10+. The maximum absolute atomic E-state index is 12.3. The fraction of sp³-hybridized carbons (Fsp3) is 0.278. The predicted octanol–water partition coefficient (Wildman–Crippen LogP) is 3.18. The summed E-state index contributed by atoms with van der Waals surface area (Å²) in [7, 11) is 1.74. The van der Waals surface area contributed by atoms with Crippen LogP contribution in [0.3, 0.4) is 0 Å². The number of hydrogen-bond acceptors (Lipinski definition) is 3. The van der Waals surface area contributed by atoms with Crippen molar-refractivity contribution in [2.75, 3.05) is 13.7 Å². The van der Waals surface area contributed by atoms with Crippen LogP contribution >= 0.6 is 0 Å². The van der Waals surface area contributed by atoms with Gasteiger partial charge in [0.05, 0.1) is 6.04 Å². The monoisotopic (exact) mass is 299 g/mol. The Morgan fingerprint density at radius 1 is 1.27 bits per heavy atom. The van der Waals surface area contributed by atoms with Gasteiger partial charge in [-0.2, -0.15) is 0 Å². The van der Waals surface area contributed by atoms with Gasteiger partial charge in [0.2, 0.25) is 5.91 Å². The lowest BCUT2D eigenvalue weighted by Crippen LogP contribution is -2.30. The van der Waals surface area contributed by atoms with Gasteiger partial charge in [-0.1, -0.05) is 30.3 Å². The van der Waals surface area contributed by atoms with Crippen molar-refractivity contribution < 1.29 is 14.3 Å². The van der Waals surface area contributed by atoms with Crippen molar-refractivity contribution >= 4 is 12.0 Å². The molecule has 1 amide bonds. The van der Waals surface area contributed by atoms with Gasteiger partial charge in [-0.3, -0.25) is 4.79 Å². The number of benzene rings is 1. The van der Waals surface area contributed by atoms with E-state index in [4.69, 9.17) is 4.42 Å². The molecule has 0 aliphatic carbocycles. The van der Waals surface area contributed by atoms with Crippen molar-refractivity contribution in [2.45, 2.75) is 19.4 Å². The molecule has 1 N–H and O–H groups in total. The second kappa shape index (κ2) is 7.61. The minimum absolute atomic E-state index is 0.0261. The van der Waals surface area contributed by atoms with E-state index in [1.165, 1.54) is 6.08 Å². The summed E-state index contributed by atoms with van der Waals surface area (Å²) in [6.07, 6.45) is 3.65. The van der Waals surface area contributed by atoms with Crippen LogP contribution in [0.2, 0.25) is 0 Å². The first kappa shape index (κ1) is 16.0. The third-order valence-electron chi connectivity index (χ3n) is 3.55. The van der Waals surface area contributed by atoms with E-state index in [2.05, 4.69) is 0 Å². The van der Waals surface area contributed by atoms with Crippen molar-refractivity contribution in [2.24, 2.45) is 0 Å². The lowest BCUT2D eigenvalue weighted by Gasteiger charge is -2.27. The van der Waals surface area contributed by atoms with Crippen molar-refractivity contribution in [1.29, 1.82) is 0 Å². The number of furan rings is 1. The van der Waals surface area contributed by atoms with E-state index in [0.717, 1.165) is 11.3 Å². The molecule has 0 aliphatic rings. The molecule has 22 heavy (non-hydrogen) atoms. The summed E-state index contributed by atoms with van der Waals surface area (Å²) in [4.78, 5) is 14.0. The van der Waals surface area contributed by atoms with Gasteiger partial charge < -0.3 is 14.4 Å². The summed E-state index contributed by atoms with van der Waals surface area (Å²) >= 11 is 0. The highest BCUT2D eigenvalue weighted by atomic mass is 16.3. The van der Waals surface area contributed by atoms with Crippen LogP contribution < -0.4 is 0 Å². The van der Waals surface area contributed by atoms with Crippen LogP contribution in [0.4, 0.5) is 0 Å². The summed E-state index contributed by atoms with van der Waals surface area (Å²) in [5.74, 6) is 1.33. The third kappa shape index (κ3) is 4.09. The topological polar surface area (TPSA) is 53.7 Å². The van der Waals surface area contributed by atoms with Crippen LogP contribution in [0.1, 0.15) is 29.5 Å². The average Bonchev–Trinajstić information content (AvgIpc) is 2.96. The van der Waals surface area contributed by atoms with Gasteiger partial charge in [-0.15, -0.1) is 0 Å². The normalized spacial score (nSPS) is 12.5. The summed E-state index contributed by atoms with van der Waals surface area (Å²) in [5, 5.41) is 9.27. The Morgan fingerprint density at radius 3 is 2.59 bits per heavy atom. The number of aliphatic hydroxyl groups excluding tert-OH is 1. The summed E-state index contributed by atoms with van der Waals surface area (Å²) in [5.41, 5.74) is 1.01. The van der Waals surface area contributed by atoms with E-state index in [1.54, 1.807) is 18.0 Å². The van der Waals surface area contributed by atoms with Crippen molar-refractivity contribution in [3.63, 3.8) is 0 Å². The SMILES string of the molecule is Cc1ccc(/C=C/C(=O)N(C)C(CCO)c2ccccc2)o1. The molecule has 0 spiro atoms. The van der Waals surface area contributed by atoms with Gasteiger partial charge in [0.25, 0.3) is 0 Å². The lowest BCUT2D eigenvalue weighted by atomic mass is 10.0. The second-order valence-electron chi connectivity index (χ2n) is 5.17. The Hall–Kier alpha value is -2.33. The van der Waals surface area contributed by atoms with E-state index in [0.29, 0.717) is 12.2 Å². The van der Waals surface area contributed by atoms with Gasteiger partial charge in [-0.25, -0.2) is 0 Å². The van der Waals surface area contributed by atoms with Crippen LogP contribution in [-0.2, 0) is 4.79 Å². The minimum atomic E-state index is -0.151. The maximum Gasteiger partial charge on any atom is 0.246 e. The minimum Gasteiger partial charge on any atom is -0.462 e. The number of hydrogen-bond donors (Lipinski definition) is 1. The summed E-state index contributed by atoms with van der Waals surface area (Å²) in [6.45, 7) is 1.89. The van der Waals surface area contributed by atoms with Crippen molar-refractivity contribution in [3.05, 3.63) is 65.6 Å². The van der Waals surface area contributed by atoms with Crippen LogP contribution in [0.5, 0.6) is 0 Å². The zero-order chi connectivity index (χ0) is 15.9. The molecule has 1 unspecified atom stereocenters. The first-order valence-electron chi connectivity index (χ1n) is 7.29. The molecule has 1 aromatic heterocycles. The molecule has 2 rings (SSSR count). The molecular formula is C18H21NO3. The number of rotatable bonds is 6. The Balaban J connectivity index is 2.11. The molecule has 1 aromatic carbocycles. The number of aryl methyl sites for hydroxylation is 1. The van der Waals surface area contributed by atoms with E-state index in [1.807, 2.05) is 49.4 Å². The van der Waals surface area contributed by atoms with E-state index in [-0.39, 0.29) is 18.6 Å². The van der Waals surface area contributed by atoms with Gasteiger partial charge >= 0.3 is 0 Å². The van der Waals surface area contributed by atoms with Crippen LogP contribution in [0.15, 0.2) is 53.0 Å². The molecule has 116 valence electrons. The van der Waals surface area contributed by atoms with Gasteiger partial charge in [0.15, 0.2) is 0 Å². The van der Waals surface area contributed by atoms with Gasteiger partial charge in [0.1, 0.15) is 11.5 Å². The van der Waals surface area contributed by atoms with Crippen LogP contribution in [-0.4, -0.2) is 29.6 Å². The summed E-state index contributed by atoms with van der Waals surface area (Å²) in [6, 6.07) is 13.2. The van der Waals surface area contributed by atoms with Crippen LogP contribution in [0.25, 0.3) is 6.08 Å². The van der Waals surface area contributed by atoms with Crippen molar-refractivity contribution in [1.82, 2.24) is 4.90 Å². The van der Waals surface area contributed by atoms with Gasteiger partial charge in [-0.05, 0) is 37.1 Å². The average molecular weight is 299 g/mol. The zero-order valence-electron chi connectivity index (χ0n) is 12.9. The zero-order valence-corrected chi connectivity index (χ0v) is 12.9. The highest BCUT2D eigenvalue weighted by Crippen LogP contribution is 2.23. The number of aliphatic hydroxyl groups is 1. The van der Waals surface area contributed by atoms with Gasteiger partial charge in [0, 0.05) is 19.7 Å². The quantitative estimate of drug-likeness (QED) is 0.833. The Labute approximate surface area is 130 Å². The molecule has 4 heteroatoms. The van der Waals surface area contributed by atoms with E-state index in [9.17, 15) is 9.90 Å². The highest BCUT2D eigenvalue weighted by Gasteiger charge is 2.19.